The lowest BCUT2D eigenvalue weighted by Crippen LogP contribution is -2.21. The van der Waals surface area contributed by atoms with Crippen LogP contribution in [0.15, 0.2) is 21.5 Å². The van der Waals surface area contributed by atoms with Crippen LogP contribution in [-0.4, -0.2) is 26.3 Å². The van der Waals surface area contributed by atoms with Gasteiger partial charge in [0.15, 0.2) is 0 Å². The first-order valence-corrected chi connectivity index (χ1v) is 6.75. The Bertz CT molecular complexity index is 628. The Morgan fingerprint density at radius 1 is 1.50 bits per heavy atom. The van der Waals surface area contributed by atoms with Gasteiger partial charge in [0.2, 0.25) is 10.0 Å². The van der Waals surface area contributed by atoms with Gasteiger partial charge in [0, 0.05) is 19.2 Å². The molecule has 0 unspecified atom stereocenters. The maximum absolute atomic E-state index is 11.5. The Kier molecular flexibility index (Phi) is 4.04. The van der Waals surface area contributed by atoms with Gasteiger partial charge in [-0.25, -0.2) is 13.6 Å². The van der Waals surface area contributed by atoms with Crippen molar-refractivity contribution in [3.63, 3.8) is 0 Å². The molecule has 0 bridgehead atoms. The highest BCUT2D eigenvalue weighted by Crippen LogP contribution is 2.30. The van der Waals surface area contributed by atoms with Gasteiger partial charge >= 0.3 is 0 Å². The van der Waals surface area contributed by atoms with Crippen LogP contribution in [0.5, 0.6) is 0 Å². The molecule has 98 valence electrons. The van der Waals surface area contributed by atoms with Crippen LogP contribution in [0.3, 0.4) is 0 Å². The molecule has 18 heavy (non-hydrogen) atoms. The topological polar surface area (TPSA) is 132 Å². The molecule has 0 saturated carbocycles. The number of nitrogens with one attached hydrogen (secondary N) is 1. The minimum Gasteiger partial charge on any atom is -0.355 e. The van der Waals surface area contributed by atoms with Gasteiger partial charge in [0.25, 0.3) is 11.6 Å². The van der Waals surface area contributed by atoms with Crippen molar-refractivity contribution in [2.24, 2.45) is 5.14 Å². The van der Waals surface area contributed by atoms with Gasteiger partial charge < -0.3 is 5.32 Å². The highest BCUT2D eigenvalue weighted by molar-refractivity contribution is 9.10. The molecule has 0 heterocycles. The van der Waals surface area contributed by atoms with E-state index in [2.05, 4.69) is 21.2 Å². The standard InChI is InChI=1S/C8H8BrN3O5S/c1-11-8(13)5-2-4(12(14)15)3-6(7(5)9)18(10,16)17/h2-3H,1H3,(H,11,13)(H2,10,16,17). The molecule has 1 aromatic rings. The molecule has 1 rings (SSSR count). The van der Waals surface area contributed by atoms with E-state index in [0.717, 1.165) is 12.1 Å². The molecule has 0 aliphatic rings. The quantitative estimate of drug-likeness (QED) is 0.607. The van der Waals surface area contributed by atoms with Crippen molar-refractivity contribution in [2.75, 3.05) is 7.05 Å². The summed E-state index contributed by atoms with van der Waals surface area (Å²) in [6, 6.07) is 1.74. The molecular formula is C8H8BrN3O5S. The predicted octanol–water partition coefficient (Wildman–Crippen LogP) is 0.364. The second-order valence-corrected chi connectivity index (χ2v) is 5.51. The molecule has 0 aliphatic heterocycles. The molecule has 1 aromatic carbocycles. The van der Waals surface area contributed by atoms with Gasteiger partial charge in [-0.15, -0.1) is 0 Å². The van der Waals surface area contributed by atoms with Crippen LogP contribution in [-0.2, 0) is 10.0 Å². The number of benzene rings is 1. The fraction of sp³-hybridized carbons (Fsp3) is 0.125. The number of nitro benzene ring substituents is 1. The third kappa shape index (κ3) is 2.83. The summed E-state index contributed by atoms with van der Waals surface area (Å²) >= 11 is 2.90. The van der Waals surface area contributed by atoms with Crippen molar-refractivity contribution in [1.29, 1.82) is 0 Å². The van der Waals surface area contributed by atoms with Crippen LogP contribution < -0.4 is 10.5 Å². The molecule has 0 aliphatic carbocycles. The Morgan fingerprint density at radius 2 is 2.06 bits per heavy atom. The smallest absolute Gasteiger partial charge is 0.271 e. The number of non-ortho nitro benzene ring substituents is 1. The van der Waals surface area contributed by atoms with E-state index in [1.807, 2.05) is 0 Å². The van der Waals surface area contributed by atoms with Gasteiger partial charge in [0.1, 0.15) is 4.90 Å². The number of nitrogens with zero attached hydrogens (tertiary/aromatic N) is 1. The first-order chi connectivity index (χ1) is 8.18. The first kappa shape index (κ1) is 14.5. The summed E-state index contributed by atoms with van der Waals surface area (Å²) in [6.07, 6.45) is 0. The van der Waals surface area contributed by atoms with Gasteiger partial charge in [-0.05, 0) is 15.9 Å². The fourth-order valence-electron chi connectivity index (χ4n) is 1.20. The largest absolute Gasteiger partial charge is 0.355 e. The average molecular weight is 338 g/mol. The zero-order chi connectivity index (χ0) is 14.1. The highest BCUT2D eigenvalue weighted by atomic mass is 79.9. The Hall–Kier alpha value is -1.52. The lowest BCUT2D eigenvalue weighted by Gasteiger charge is -2.07. The molecule has 0 aromatic heterocycles. The van der Waals surface area contributed by atoms with Crippen molar-refractivity contribution < 1.29 is 18.1 Å². The normalized spacial score (nSPS) is 11.1. The fourth-order valence-corrected chi connectivity index (χ4v) is 2.93. The number of nitrogens with two attached hydrogens (primary N) is 1. The minimum atomic E-state index is -4.19. The monoisotopic (exact) mass is 337 g/mol. The summed E-state index contributed by atoms with van der Waals surface area (Å²) in [5, 5.41) is 17.8. The van der Waals surface area contributed by atoms with Crippen LogP contribution in [0.1, 0.15) is 10.4 Å². The van der Waals surface area contributed by atoms with Crippen molar-refractivity contribution in [3.05, 3.63) is 32.3 Å². The molecule has 0 radical (unpaired) electrons. The van der Waals surface area contributed by atoms with Crippen LogP contribution in [0.25, 0.3) is 0 Å². The number of nitro groups is 1. The molecule has 0 spiro atoms. The lowest BCUT2D eigenvalue weighted by atomic mass is 10.2. The number of hydrogen-bond acceptors (Lipinski definition) is 5. The van der Waals surface area contributed by atoms with E-state index in [-0.39, 0.29) is 10.0 Å². The van der Waals surface area contributed by atoms with Crippen molar-refractivity contribution >= 4 is 37.5 Å². The van der Waals surface area contributed by atoms with E-state index in [1.165, 1.54) is 7.05 Å². The third-order valence-corrected chi connectivity index (χ3v) is 4.06. The van der Waals surface area contributed by atoms with Crippen LogP contribution in [0.4, 0.5) is 5.69 Å². The summed E-state index contributed by atoms with van der Waals surface area (Å²) in [4.78, 5) is 20.8. The second kappa shape index (κ2) is 5.00. The van der Waals surface area contributed by atoms with E-state index in [0.29, 0.717) is 0 Å². The van der Waals surface area contributed by atoms with Gasteiger partial charge in [-0.3, -0.25) is 14.9 Å². The zero-order valence-corrected chi connectivity index (χ0v) is 11.4. The number of sulfonamides is 1. The van der Waals surface area contributed by atoms with E-state index in [9.17, 15) is 23.3 Å². The number of amides is 1. The average Bonchev–Trinajstić information content (AvgIpc) is 2.26. The minimum absolute atomic E-state index is 0.116. The van der Waals surface area contributed by atoms with E-state index in [4.69, 9.17) is 5.14 Å². The van der Waals surface area contributed by atoms with Crippen molar-refractivity contribution in [3.8, 4) is 0 Å². The number of hydrogen-bond donors (Lipinski definition) is 2. The molecule has 0 fully saturated rings. The highest BCUT2D eigenvalue weighted by Gasteiger charge is 2.24. The number of carbonyl (C=O) groups is 1. The van der Waals surface area contributed by atoms with Crippen LogP contribution >= 0.6 is 15.9 Å². The molecule has 8 nitrogen and oxygen atoms in total. The molecule has 1 amide bonds. The van der Waals surface area contributed by atoms with Crippen molar-refractivity contribution in [1.82, 2.24) is 5.32 Å². The first-order valence-electron chi connectivity index (χ1n) is 4.41. The Labute approximate surface area is 110 Å². The van der Waals surface area contributed by atoms with E-state index < -0.39 is 31.4 Å². The second-order valence-electron chi connectivity index (χ2n) is 3.19. The zero-order valence-electron chi connectivity index (χ0n) is 9.01. The molecule has 10 heteroatoms. The van der Waals surface area contributed by atoms with Crippen molar-refractivity contribution in [2.45, 2.75) is 4.90 Å². The number of carbonyl (C=O) groups excluding carboxylic acids is 1. The molecular weight excluding hydrogens is 330 g/mol. The lowest BCUT2D eigenvalue weighted by molar-refractivity contribution is -0.385. The SMILES string of the molecule is CNC(=O)c1cc([N+](=O)[O-])cc(S(N)(=O)=O)c1Br. The van der Waals surface area contributed by atoms with E-state index in [1.54, 1.807) is 0 Å². The molecule has 3 N–H and O–H groups in total. The van der Waals surface area contributed by atoms with Gasteiger partial charge in [-0.1, -0.05) is 0 Å². The summed E-state index contributed by atoms with van der Waals surface area (Å²) in [5.41, 5.74) is -0.725. The summed E-state index contributed by atoms with van der Waals surface area (Å²) in [5.74, 6) is -0.671. The van der Waals surface area contributed by atoms with Crippen LogP contribution in [0.2, 0.25) is 0 Å². The van der Waals surface area contributed by atoms with E-state index >= 15 is 0 Å². The number of rotatable bonds is 3. The van der Waals surface area contributed by atoms with Gasteiger partial charge in [-0.2, -0.15) is 0 Å². The maximum Gasteiger partial charge on any atom is 0.271 e. The van der Waals surface area contributed by atoms with Crippen LogP contribution in [0, 0.1) is 10.1 Å². The number of halogens is 1. The number of primary sulfonamides is 1. The van der Waals surface area contributed by atoms with Gasteiger partial charge in [0.05, 0.1) is 15.0 Å². The Morgan fingerprint density at radius 3 is 2.44 bits per heavy atom. The third-order valence-electron chi connectivity index (χ3n) is 2.01. The summed E-state index contributed by atoms with van der Waals surface area (Å²) in [6.45, 7) is 0. The summed E-state index contributed by atoms with van der Waals surface area (Å²) in [7, 11) is -2.88. The summed E-state index contributed by atoms with van der Waals surface area (Å²) < 4.78 is 22.5. The maximum atomic E-state index is 11.5. The predicted molar refractivity (Wildman–Crippen MR) is 65.6 cm³/mol. The molecule has 0 saturated heterocycles. The molecule has 0 atom stereocenters. The Balaban J connectivity index is 3.69.